The number of hydrogen-bond donors (Lipinski definition) is 0. The lowest BCUT2D eigenvalue weighted by atomic mass is 9.89. The third kappa shape index (κ3) is 3.40. The summed E-state index contributed by atoms with van der Waals surface area (Å²) in [5.41, 5.74) is 7.70. The molecular weight excluding hydrogens is 533 g/mol. The molecule has 1 aliphatic heterocycles. The molecule has 0 saturated heterocycles. The first-order valence-corrected chi connectivity index (χ1v) is 15.4. The van der Waals surface area contributed by atoms with Crippen LogP contribution in [0.15, 0.2) is 79.4 Å². The van der Waals surface area contributed by atoms with E-state index in [1.165, 1.54) is 43.2 Å². The van der Waals surface area contributed by atoms with Crippen LogP contribution in [-0.2, 0) is 13.5 Å². The summed E-state index contributed by atoms with van der Waals surface area (Å²) < 4.78 is 28.0. The standard InChI is InChI=1S/C37H35N4S/c1-21(2)27-19-28-25-12-9-10-14-30(25)42-36(28)32(22(3)4)35(27)41-18-17-39(6)37(41)33-23(5)24-11-7-8-13-26(24)34-29(33)20-31-38-15-16-40(31)34/h7-19,21-22H,20H2,1-6H3/q+1/i21D,22D. The molecule has 0 saturated carbocycles. The third-order valence-electron chi connectivity index (χ3n) is 8.99. The molecule has 4 aromatic carbocycles. The van der Waals surface area contributed by atoms with Crippen molar-refractivity contribution in [3.8, 4) is 22.8 Å². The van der Waals surface area contributed by atoms with E-state index in [0.717, 1.165) is 45.0 Å². The number of thiophene rings is 1. The molecular formula is C37H35N4S+. The highest BCUT2D eigenvalue weighted by atomic mass is 32.1. The van der Waals surface area contributed by atoms with E-state index in [2.05, 4.69) is 101 Å². The van der Waals surface area contributed by atoms with Gasteiger partial charge in [0.2, 0.25) is 0 Å². The molecule has 7 aromatic rings. The Labute approximate surface area is 253 Å². The fourth-order valence-electron chi connectivity index (χ4n) is 7.13. The zero-order valence-corrected chi connectivity index (χ0v) is 25.7. The van der Waals surface area contributed by atoms with E-state index in [1.807, 2.05) is 33.9 Å². The molecule has 3 aromatic heterocycles. The monoisotopic (exact) mass is 569 g/mol. The number of aryl methyl sites for hydroxylation is 2. The molecule has 0 N–H and O–H groups in total. The number of fused-ring (bicyclic) bond motifs is 8. The van der Waals surface area contributed by atoms with Crippen LogP contribution in [0.5, 0.6) is 0 Å². The zero-order valence-electron chi connectivity index (χ0n) is 26.9. The van der Waals surface area contributed by atoms with E-state index in [-0.39, 0.29) is 0 Å². The zero-order chi connectivity index (χ0) is 30.7. The highest BCUT2D eigenvalue weighted by Crippen LogP contribution is 2.47. The SMILES string of the molecule is [2H]C(C)(C)c1cc2c(sc3ccccc32)c(C([2H])(C)C)c1-n1cc[n+](C)c1-c1c2c(c3ccccc3c1C)-n1ccnc1C2. The molecule has 0 unspecified atom stereocenters. The fourth-order valence-corrected chi connectivity index (χ4v) is 8.47. The molecule has 0 amide bonds. The van der Waals surface area contributed by atoms with E-state index in [9.17, 15) is 2.74 Å². The highest BCUT2D eigenvalue weighted by molar-refractivity contribution is 7.26. The normalized spacial score (nSPS) is 14.0. The van der Waals surface area contributed by atoms with Gasteiger partial charge in [0.1, 0.15) is 23.9 Å². The second kappa shape index (κ2) is 9.14. The van der Waals surface area contributed by atoms with Crippen molar-refractivity contribution >= 4 is 42.3 Å². The van der Waals surface area contributed by atoms with Crippen LogP contribution in [0.2, 0.25) is 0 Å². The molecule has 5 heteroatoms. The van der Waals surface area contributed by atoms with Gasteiger partial charge < -0.3 is 4.57 Å². The van der Waals surface area contributed by atoms with E-state index in [0.29, 0.717) is 0 Å². The molecule has 0 atom stereocenters. The average Bonchev–Trinajstić information content (AvgIpc) is 3.74. The molecule has 8 rings (SSSR count). The van der Waals surface area contributed by atoms with Gasteiger partial charge in [0, 0.05) is 63.8 Å². The lowest BCUT2D eigenvalue weighted by Gasteiger charge is -2.21. The summed E-state index contributed by atoms with van der Waals surface area (Å²) >= 11 is 1.76. The smallest absolute Gasteiger partial charge is 0.294 e. The van der Waals surface area contributed by atoms with Crippen LogP contribution in [0.25, 0.3) is 53.7 Å². The Morgan fingerprint density at radius 3 is 2.38 bits per heavy atom. The van der Waals surface area contributed by atoms with Crippen molar-refractivity contribution in [1.29, 1.82) is 0 Å². The lowest BCUT2D eigenvalue weighted by Crippen LogP contribution is -2.30. The minimum absolute atomic E-state index is 0.747. The van der Waals surface area contributed by atoms with E-state index in [1.54, 1.807) is 11.3 Å². The van der Waals surface area contributed by atoms with Gasteiger partial charge in [-0.2, -0.15) is 4.57 Å². The molecule has 208 valence electrons. The maximum Gasteiger partial charge on any atom is 0.294 e. The van der Waals surface area contributed by atoms with Gasteiger partial charge >= 0.3 is 0 Å². The van der Waals surface area contributed by atoms with Gasteiger partial charge in [0.15, 0.2) is 0 Å². The van der Waals surface area contributed by atoms with Crippen molar-refractivity contribution in [1.82, 2.24) is 14.1 Å². The van der Waals surface area contributed by atoms with Crippen molar-refractivity contribution in [3.05, 3.63) is 107 Å². The van der Waals surface area contributed by atoms with E-state index in [4.69, 9.17) is 4.98 Å². The molecule has 4 heterocycles. The number of hydrogen-bond acceptors (Lipinski definition) is 2. The third-order valence-corrected chi connectivity index (χ3v) is 10.2. The Morgan fingerprint density at radius 1 is 0.881 bits per heavy atom. The van der Waals surface area contributed by atoms with Crippen LogP contribution >= 0.6 is 11.3 Å². The van der Waals surface area contributed by atoms with Crippen molar-refractivity contribution in [3.63, 3.8) is 0 Å². The topological polar surface area (TPSA) is 26.6 Å². The molecule has 0 aliphatic carbocycles. The fraction of sp³-hybridized carbons (Fsp3) is 0.243. The highest BCUT2D eigenvalue weighted by Gasteiger charge is 2.35. The van der Waals surface area contributed by atoms with Crippen molar-refractivity contribution in [2.45, 2.75) is 52.8 Å². The van der Waals surface area contributed by atoms with E-state index >= 15 is 0 Å². The van der Waals surface area contributed by atoms with Crippen LogP contribution in [0.3, 0.4) is 0 Å². The Kier molecular flexibility index (Phi) is 5.08. The maximum atomic E-state index is 9.56. The number of nitrogens with zero attached hydrogens (tertiary/aromatic N) is 4. The lowest BCUT2D eigenvalue weighted by molar-refractivity contribution is -0.659. The van der Waals surface area contributed by atoms with Gasteiger partial charge in [-0.15, -0.1) is 11.3 Å². The number of aromatic nitrogens is 4. The summed E-state index contributed by atoms with van der Waals surface area (Å²) in [5.74, 6) is 0.269. The van der Waals surface area contributed by atoms with Crippen LogP contribution < -0.4 is 4.57 Å². The Morgan fingerprint density at radius 2 is 1.62 bits per heavy atom. The predicted molar refractivity (Wildman–Crippen MR) is 176 cm³/mol. The second-order valence-electron chi connectivity index (χ2n) is 12.0. The summed E-state index contributed by atoms with van der Waals surface area (Å²) in [7, 11) is 2.11. The Hall–Kier alpha value is -4.22. The first-order chi connectivity index (χ1) is 20.9. The summed E-state index contributed by atoms with van der Waals surface area (Å²) in [6.07, 6.45) is 8.95. The predicted octanol–water partition coefficient (Wildman–Crippen LogP) is 9.14. The van der Waals surface area contributed by atoms with Gasteiger partial charge in [0.05, 0.1) is 18.3 Å². The van der Waals surface area contributed by atoms with Gasteiger partial charge in [-0.05, 0) is 41.8 Å². The van der Waals surface area contributed by atoms with Crippen LogP contribution in [-0.4, -0.2) is 14.1 Å². The minimum Gasteiger partial charge on any atom is -0.303 e. The molecule has 42 heavy (non-hydrogen) atoms. The molecule has 0 bridgehead atoms. The molecule has 0 radical (unpaired) electrons. The average molecular weight is 570 g/mol. The first kappa shape index (κ1) is 23.4. The molecule has 1 aliphatic rings. The minimum atomic E-state index is -0.918. The van der Waals surface area contributed by atoms with Gasteiger partial charge in [-0.1, -0.05) is 70.2 Å². The van der Waals surface area contributed by atoms with Crippen molar-refractivity contribution < 1.29 is 7.31 Å². The van der Waals surface area contributed by atoms with Crippen LogP contribution in [0.1, 0.15) is 70.3 Å². The van der Waals surface area contributed by atoms with Crippen LogP contribution in [0, 0.1) is 6.92 Å². The Bertz CT molecular complexity index is 2310. The van der Waals surface area contributed by atoms with Gasteiger partial charge in [0.25, 0.3) is 5.82 Å². The molecule has 0 spiro atoms. The number of benzene rings is 4. The first-order valence-electron chi connectivity index (χ1n) is 15.6. The van der Waals surface area contributed by atoms with Gasteiger partial charge in [-0.3, -0.25) is 0 Å². The molecule has 0 fully saturated rings. The maximum absolute atomic E-state index is 9.56. The van der Waals surface area contributed by atoms with E-state index < -0.39 is 11.8 Å². The quantitative estimate of drug-likeness (QED) is 0.194. The number of imidazole rings is 2. The van der Waals surface area contributed by atoms with Gasteiger partial charge in [-0.25, -0.2) is 9.55 Å². The van der Waals surface area contributed by atoms with Crippen molar-refractivity contribution in [2.24, 2.45) is 7.05 Å². The molecule has 4 nitrogen and oxygen atoms in total. The van der Waals surface area contributed by atoms with Crippen molar-refractivity contribution in [2.75, 3.05) is 0 Å². The van der Waals surface area contributed by atoms with Crippen LogP contribution in [0.4, 0.5) is 0 Å². The summed E-state index contributed by atoms with van der Waals surface area (Å²) in [6.45, 7) is 10.1. The summed E-state index contributed by atoms with van der Waals surface area (Å²) in [5, 5.41) is 4.77. The summed E-state index contributed by atoms with van der Waals surface area (Å²) in [4.78, 5) is 4.72. The second-order valence-corrected chi connectivity index (χ2v) is 13.0. The summed E-state index contributed by atoms with van der Waals surface area (Å²) in [6, 6.07) is 19.4. The Balaban J connectivity index is 1.54. The largest absolute Gasteiger partial charge is 0.303 e. The number of rotatable bonds is 4.